The Kier molecular flexibility index (Phi) is 5.61. The number of sulfonamides is 1. The number of phenols is 1. The van der Waals surface area contributed by atoms with Gasteiger partial charge in [-0.15, -0.1) is 0 Å². The van der Waals surface area contributed by atoms with Gasteiger partial charge in [-0.1, -0.05) is 30.3 Å². The molecule has 0 unspecified atom stereocenters. The van der Waals surface area contributed by atoms with E-state index in [0.717, 1.165) is 6.42 Å². The number of aromatic hydroxyl groups is 1. The minimum absolute atomic E-state index is 0.0699. The van der Waals surface area contributed by atoms with Crippen molar-refractivity contribution in [1.82, 2.24) is 19.5 Å². The van der Waals surface area contributed by atoms with E-state index >= 15 is 0 Å². The normalized spacial score (nSPS) is 15.4. The van der Waals surface area contributed by atoms with E-state index in [4.69, 9.17) is 4.74 Å². The number of phenolic OH excluding ortho intramolecular Hbond substituents is 1. The lowest BCUT2D eigenvalue weighted by molar-refractivity contribution is 0.0730. The Morgan fingerprint density at radius 1 is 1.07 bits per heavy atom. The average Bonchev–Trinajstić information content (AvgIpc) is 3.22. The monoisotopic (exact) mass is 414 g/mol. The Labute approximate surface area is 169 Å². The lowest BCUT2D eigenvalue weighted by Crippen LogP contribution is -2.40. The molecule has 29 heavy (non-hydrogen) atoms. The van der Waals surface area contributed by atoms with E-state index in [1.807, 2.05) is 30.3 Å². The summed E-state index contributed by atoms with van der Waals surface area (Å²) in [5, 5.41) is 17.3. The lowest BCUT2D eigenvalue weighted by atomic mass is 10.1. The molecular formula is C20H22N4O4S. The quantitative estimate of drug-likeness (QED) is 0.639. The molecule has 1 aromatic heterocycles. The summed E-state index contributed by atoms with van der Waals surface area (Å²) in [7, 11) is -3.67. The summed E-state index contributed by atoms with van der Waals surface area (Å²) < 4.78 is 32.4. The molecule has 0 atom stereocenters. The molecule has 3 aromatic rings. The third-order valence-corrected chi connectivity index (χ3v) is 6.74. The number of H-pyrrole nitrogens is 1. The fraction of sp³-hybridized carbons (Fsp3) is 0.300. The molecule has 0 bridgehead atoms. The van der Waals surface area contributed by atoms with Gasteiger partial charge in [0.25, 0.3) is 0 Å². The van der Waals surface area contributed by atoms with Gasteiger partial charge in [0.05, 0.1) is 23.7 Å². The molecule has 1 saturated heterocycles. The number of nitrogens with one attached hydrogen (secondary N) is 1. The van der Waals surface area contributed by atoms with E-state index in [2.05, 4.69) is 15.2 Å². The van der Waals surface area contributed by atoms with E-state index in [0.29, 0.717) is 38.5 Å². The van der Waals surface area contributed by atoms with E-state index in [1.54, 1.807) is 0 Å². The highest BCUT2D eigenvalue weighted by molar-refractivity contribution is 7.89. The number of aromatic nitrogens is 3. The third kappa shape index (κ3) is 4.31. The zero-order valence-electron chi connectivity index (χ0n) is 15.8. The molecule has 0 aliphatic carbocycles. The molecule has 152 valence electrons. The van der Waals surface area contributed by atoms with Crippen LogP contribution in [0.25, 0.3) is 11.4 Å². The molecule has 0 amide bonds. The maximum absolute atomic E-state index is 12.9. The number of hydrogen-bond donors (Lipinski definition) is 2. The first-order chi connectivity index (χ1) is 14.0. The lowest BCUT2D eigenvalue weighted by Gasteiger charge is -2.26. The summed E-state index contributed by atoms with van der Waals surface area (Å²) in [4.78, 5) is 4.54. The number of rotatable bonds is 6. The second kappa shape index (κ2) is 8.32. The van der Waals surface area contributed by atoms with Gasteiger partial charge in [0.2, 0.25) is 10.0 Å². The molecule has 0 saturated carbocycles. The van der Waals surface area contributed by atoms with E-state index in [1.165, 1.54) is 28.1 Å². The van der Waals surface area contributed by atoms with Crippen LogP contribution in [0.1, 0.15) is 11.4 Å². The van der Waals surface area contributed by atoms with Crippen LogP contribution in [0.2, 0.25) is 0 Å². The molecule has 1 fully saturated rings. The molecule has 2 N–H and O–H groups in total. The van der Waals surface area contributed by atoms with Crippen LogP contribution < -0.4 is 0 Å². The number of aromatic amines is 1. The highest BCUT2D eigenvalue weighted by Gasteiger charge is 2.27. The van der Waals surface area contributed by atoms with E-state index in [9.17, 15) is 13.5 Å². The fourth-order valence-corrected chi connectivity index (χ4v) is 4.66. The molecular weight excluding hydrogens is 392 g/mol. The summed E-state index contributed by atoms with van der Waals surface area (Å²) in [6.07, 6.45) is 1.45. The number of benzene rings is 2. The third-order valence-electron chi connectivity index (χ3n) is 4.84. The Bertz CT molecular complexity index is 1080. The van der Waals surface area contributed by atoms with E-state index < -0.39 is 10.0 Å². The van der Waals surface area contributed by atoms with Crippen molar-refractivity contribution in [3.63, 3.8) is 0 Å². The number of aryl methyl sites for hydroxylation is 2. The van der Waals surface area contributed by atoms with Crippen molar-refractivity contribution in [2.75, 3.05) is 26.3 Å². The van der Waals surface area contributed by atoms with Crippen LogP contribution in [0, 0.1) is 0 Å². The molecule has 2 heterocycles. The minimum atomic E-state index is -3.67. The summed E-state index contributed by atoms with van der Waals surface area (Å²) in [6.45, 7) is 1.36. The van der Waals surface area contributed by atoms with Gasteiger partial charge < -0.3 is 9.84 Å². The maximum atomic E-state index is 12.9. The first-order valence-electron chi connectivity index (χ1n) is 9.40. The molecule has 0 radical (unpaired) electrons. The van der Waals surface area contributed by atoms with Crippen LogP contribution in [-0.4, -0.2) is 59.3 Å². The number of nitrogens with zero attached hydrogens (tertiary/aromatic N) is 3. The standard InChI is InChI=1S/C20H22N4O4S/c25-18-8-7-16(29(26,27)24-10-12-28-13-11-24)14-17(18)20-21-19(22-23-20)9-6-15-4-2-1-3-5-15/h1-5,7-8,14,25H,6,9-13H2,(H,21,22,23). The Balaban J connectivity index is 1.56. The molecule has 0 spiro atoms. The molecule has 4 rings (SSSR count). The maximum Gasteiger partial charge on any atom is 0.243 e. The summed E-state index contributed by atoms with van der Waals surface area (Å²) >= 11 is 0. The number of morpholine rings is 1. The van der Waals surface area contributed by atoms with Gasteiger partial charge >= 0.3 is 0 Å². The van der Waals surface area contributed by atoms with Crippen molar-refractivity contribution in [2.45, 2.75) is 17.7 Å². The molecule has 9 heteroatoms. The van der Waals surface area contributed by atoms with Gasteiger partial charge in [-0.2, -0.15) is 9.40 Å². The van der Waals surface area contributed by atoms with E-state index in [-0.39, 0.29) is 22.0 Å². The Hall–Kier alpha value is -2.75. The van der Waals surface area contributed by atoms with Crippen molar-refractivity contribution in [3.05, 3.63) is 59.9 Å². The molecule has 2 aromatic carbocycles. The van der Waals surface area contributed by atoms with Gasteiger partial charge in [-0.3, -0.25) is 5.10 Å². The fourth-order valence-electron chi connectivity index (χ4n) is 3.23. The van der Waals surface area contributed by atoms with Crippen molar-refractivity contribution in [1.29, 1.82) is 0 Å². The summed E-state index contributed by atoms with van der Waals surface area (Å²) in [6, 6.07) is 14.2. The van der Waals surface area contributed by atoms with Crippen molar-refractivity contribution < 1.29 is 18.3 Å². The molecule has 1 aliphatic heterocycles. The van der Waals surface area contributed by atoms with Crippen LogP contribution in [0.4, 0.5) is 0 Å². The average molecular weight is 414 g/mol. The van der Waals surface area contributed by atoms with Gasteiger partial charge in [0, 0.05) is 19.5 Å². The van der Waals surface area contributed by atoms with Crippen LogP contribution in [0.3, 0.4) is 0 Å². The smallest absolute Gasteiger partial charge is 0.243 e. The Morgan fingerprint density at radius 3 is 2.59 bits per heavy atom. The van der Waals surface area contributed by atoms with Crippen molar-refractivity contribution >= 4 is 10.0 Å². The summed E-state index contributed by atoms with van der Waals surface area (Å²) in [5.74, 6) is 0.869. The second-order valence-corrected chi connectivity index (χ2v) is 8.72. The first kappa shape index (κ1) is 19.6. The van der Waals surface area contributed by atoms with Crippen LogP contribution in [0.15, 0.2) is 53.4 Å². The van der Waals surface area contributed by atoms with Gasteiger partial charge in [-0.05, 0) is 30.2 Å². The summed E-state index contributed by atoms with van der Waals surface area (Å²) in [5.41, 5.74) is 1.47. The molecule has 1 aliphatic rings. The van der Waals surface area contributed by atoms with Crippen LogP contribution in [-0.2, 0) is 27.6 Å². The zero-order valence-corrected chi connectivity index (χ0v) is 16.6. The predicted octanol–water partition coefficient (Wildman–Crippen LogP) is 1.98. The van der Waals surface area contributed by atoms with Gasteiger partial charge in [0.1, 0.15) is 11.6 Å². The van der Waals surface area contributed by atoms with Gasteiger partial charge in [-0.25, -0.2) is 13.4 Å². The predicted molar refractivity (Wildman–Crippen MR) is 107 cm³/mol. The number of ether oxygens (including phenoxy) is 1. The Morgan fingerprint density at radius 2 is 1.83 bits per heavy atom. The number of hydrogen-bond acceptors (Lipinski definition) is 6. The van der Waals surface area contributed by atoms with Crippen LogP contribution >= 0.6 is 0 Å². The highest BCUT2D eigenvalue weighted by Crippen LogP contribution is 2.30. The van der Waals surface area contributed by atoms with Crippen molar-refractivity contribution in [2.24, 2.45) is 0 Å². The van der Waals surface area contributed by atoms with Gasteiger partial charge in [0.15, 0.2) is 5.82 Å². The molecule has 8 nitrogen and oxygen atoms in total. The topological polar surface area (TPSA) is 108 Å². The van der Waals surface area contributed by atoms with Crippen LogP contribution in [0.5, 0.6) is 5.75 Å². The zero-order chi connectivity index (χ0) is 20.3. The van der Waals surface area contributed by atoms with Crippen molar-refractivity contribution in [3.8, 4) is 17.1 Å². The second-order valence-electron chi connectivity index (χ2n) is 6.79. The first-order valence-corrected chi connectivity index (χ1v) is 10.8. The minimum Gasteiger partial charge on any atom is -0.507 e. The largest absolute Gasteiger partial charge is 0.507 e. The highest BCUT2D eigenvalue weighted by atomic mass is 32.2. The SMILES string of the molecule is O=S(=O)(c1ccc(O)c(-c2n[nH]c(CCc3ccccc3)n2)c1)N1CCOCC1.